The molecule has 0 aromatic rings. The van der Waals surface area contributed by atoms with E-state index in [1.165, 1.54) is 44.9 Å². The molecular formula is C16H35O6P. The van der Waals surface area contributed by atoms with Gasteiger partial charge in [0.1, 0.15) is 0 Å². The Morgan fingerprint density at radius 1 is 0.826 bits per heavy atom. The summed E-state index contributed by atoms with van der Waals surface area (Å²) in [5.41, 5.74) is 0. The van der Waals surface area contributed by atoms with Crippen LogP contribution in [0.15, 0.2) is 0 Å². The zero-order valence-electron chi connectivity index (χ0n) is 14.7. The summed E-state index contributed by atoms with van der Waals surface area (Å²) in [7, 11) is -4.49. The molecule has 0 spiro atoms. The highest BCUT2D eigenvalue weighted by Gasteiger charge is 2.14. The molecule has 0 aromatic carbocycles. The fraction of sp³-hybridized carbons (Fsp3) is 1.00. The van der Waals surface area contributed by atoms with Crippen molar-refractivity contribution in [2.75, 3.05) is 13.2 Å². The SMILES string of the molecule is CCC(C)OCCCCCCCCCCCCOOP(=O)(O)O. The van der Waals surface area contributed by atoms with Gasteiger partial charge in [-0.25, -0.2) is 9.45 Å². The first-order valence-corrected chi connectivity index (χ1v) is 10.5. The molecule has 0 fully saturated rings. The van der Waals surface area contributed by atoms with Crippen molar-refractivity contribution < 1.29 is 28.7 Å². The third kappa shape index (κ3) is 20.0. The molecule has 0 radical (unpaired) electrons. The van der Waals surface area contributed by atoms with Gasteiger partial charge in [0, 0.05) is 6.61 Å². The van der Waals surface area contributed by atoms with E-state index in [1.54, 1.807) is 0 Å². The highest BCUT2D eigenvalue weighted by Crippen LogP contribution is 2.35. The van der Waals surface area contributed by atoms with Gasteiger partial charge in [0.15, 0.2) is 0 Å². The van der Waals surface area contributed by atoms with Crippen LogP contribution < -0.4 is 0 Å². The molecule has 0 heterocycles. The normalized spacial score (nSPS) is 13.4. The highest BCUT2D eigenvalue weighted by molar-refractivity contribution is 7.46. The van der Waals surface area contributed by atoms with Crippen molar-refractivity contribution in [3.8, 4) is 0 Å². The van der Waals surface area contributed by atoms with Crippen LogP contribution in [0, 0.1) is 0 Å². The minimum absolute atomic E-state index is 0.226. The quantitative estimate of drug-likeness (QED) is 0.170. The first-order valence-electron chi connectivity index (χ1n) is 8.94. The van der Waals surface area contributed by atoms with Crippen molar-refractivity contribution in [3.63, 3.8) is 0 Å². The number of rotatable bonds is 17. The second-order valence-electron chi connectivity index (χ2n) is 6.01. The van der Waals surface area contributed by atoms with E-state index >= 15 is 0 Å². The lowest BCUT2D eigenvalue weighted by molar-refractivity contribution is -0.222. The van der Waals surface area contributed by atoms with Gasteiger partial charge < -0.3 is 14.5 Å². The van der Waals surface area contributed by atoms with Gasteiger partial charge in [0.25, 0.3) is 0 Å². The van der Waals surface area contributed by atoms with E-state index < -0.39 is 7.82 Å². The summed E-state index contributed by atoms with van der Waals surface area (Å²) >= 11 is 0. The zero-order valence-corrected chi connectivity index (χ0v) is 15.6. The van der Waals surface area contributed by atoms with Crippen LogP contribution in [0.25, 0.3) is 0 Å². The molecule has 7 heteroatoms. The minimum atomic E-state index is -4.49. The van der Waals surface area contributed by atoms with Crippen LogP contribution in [0.3, 0.4) is 0 Å². The van der Waals surface area contributed by atoms with Crippen molar-refractivity contribution >= 4 is 7.82 Å². The Morgan fingerprint density at radius 2 is 1.26 bits per heavy atom. The van der Waals surface area contributed by atoms with Crippen molar-refractivity contribution in [2.45, 2.75) is 90.6 Å². The van der Waals surface area contributed by atoms with E-state index in [4.69, 9.17) is 14.5 Å². The van der Waals surface area contributed by atoms with Gasteiger partial charge in [0.05, 0.1) is 12.7 Å². The molecular weight excluding hydrogens is 319 g/mol. The standard InChI is InChI=1S/C16H35O6P/c1-3-16(2)20-14-12-10-8-6-4-5-7-9-11-13-15-21-22-23(17,18)19/h16H,3-15H2,1-2H3,(H2,17,18,19). The maximum atomic E-state index is 10.3. The van der Waals surface area contributed by atoms with Crippen LogP contribution >= 0.6 is 7.82 Å². The lowest BCUT2D eigenvalue weighted by Crippen LogP contribution is -2.07. The number of phosphoric acid groups is 1. The Labute approximate surface area is 141 Å². The third-order valence-electron chi connectivity index (χ3n) is 3.75. The number of ether oxygens (including phenoxy) is 1. The predicted octanol–water partition coefficient (Wildman–Crippen LogP) is 4.74. The van der Waals surface area contributed by atoms with E-state index in [0.29, 0.717) is 6.10 Å². The molecule has 2 N–H and O–H groups in total. The van der Waals surface area contributed by atoms with Crippen LogP contribution in [-0.4, -0.2) is 29.1 Å². The Morgan fingerprint density at radius 3 is 1.70 bits per heavy atom. The van der Waals surface area contributed by atoms with E-state index in [0.717, 1.165) is 32.3 Å². The first kappa shape index (κ1) is 23.0. The largest absolute Gasteiger partial charge is 0.496 e. The van der Waals surface area contributed by atoms with E-state index in [9.17, 15) is 4.57 Å². The van der Waals surface area contributed by atoms with Gasteiger partial charge in [0.2, 0.25) is 0 Å². The lowest BCUT2D eigenvalue weighted by Gasteiger charge is -2.09. The van der Waals surface area contributed by atoms with Gasteiger partial charge >= 0.3 is 7.82 Å². The van der Waals surface area contributed by atoms with Gasteiger partial charge in [-0.15, -0.1) is 4.67 Å². The second kappa shape index (κ2) is 15.6. The highest BCUT2D eigenvalue weighted by atomic mass is 31.2. The van der Waals surface area contributed by atoms with Crippen molar-refractivity contribution in [1.82, 2.24) is 0 Å². The molecule has 0 aromatic heterocycles. The first-order chi connectivity index (χ1) is 11.0. The lowest BCUT2D eigenvalue weighted by atomic mass is 10.1. The molecule has 0 bridgehead atoms. The Balaban J connectivity index is 3.07. The topological polar surface area (TPSA) is 85.2 Å². The van der Waals surface area contributed by atoms with Crippen LogP contribution in [0.2, 0.25) is 0 Å². The summed E-state index contributed by atoms with van der Waals surface area (Å²) in [6.07, 6.45) is 13.1. The van der Waals surface area contributed by atoms with Gasteiger partial charge in [-0.05, 0) is 26.2 Å². The molecule has 0 aliphatic rings. The van der Waals surface area contributed by atoms with Crippen LogP contribution in [0.5, 0.6) is 0 Å². The molecule has 0 aliphatic carbocycles. The van der Waals surface area contributed by atoms with Crippen molar-refractivity contribution in [2.24, 2.45) is 0 Å². The molecule has 0 rings (SSSR count). The Bertz CT molecular complexity index is 294. The molecule has 6 nitrogen and oxygen atoms in total. The summed E-state index contributed by atoms with van der Waals surface area (Å²) in [5.74, 6) is 0. The van der Waals surface area contributed by atoms with Gasteiger partial charge in [-0.1, -0.05) is 58.3 Å². The molecule has 1 atom stereocenters. The van der Waals surface area contributed by atoms with Crippen molar-refractivity contribution in [3.05, 3.63) is 0 Å². The number of hydrogen-bond acceptors (Lipinski definition) is 4. The summed E-state index contributed by atoms with van der Waals surface area (Å²) in [5, 5.41) is 0. The third-order valence-corrected chi connectivity index (χ3v) is 4.05. The molecule has 0 amide bonds. The zero-order chi connectivity index (χ0) is 17.4. The maximum absolute atomic E-state index is 10.3. The summed E-state index contributed by atoms with van der Waals surface area (Å²) < 4.78 is 19.9. The van der Waals surface area contributed by atoms with Crippen LogP contribution in [-0.2, 0) is 18.9 Å². The second-order valence-corrected chi connectivity index (χ2v) is 7.14. The van der Waals surface area contributed by atoms with Gasteiger partial charge in [-0.2, -0.15) is 0 Å². The Hall–Kier alpha value is 0.0300. The molecule has 23 heavy (non-hydrogen) atoms. The molecule has 0 saturated heterocycles. The monoisotopic (exact) mass is 354 g/mol. The maximum Gasteiger partial charge on any atom is 0.496 e. The van der Waals surface area contributed by atoms with Crippen molar-refractivity contribution in [1.29, 1.82) is 0 Å². The summed E-state index contributed by atoms with van der Waals surface area (Å²) in [4.78, 5) is 21.2. The minimum Gasteiger partial charge on any atom is -0.379 e. The molecule has 0 saturated carbocycles. The smallest absolute Gasteiger partial charge is 0.379 e. The summed E-state index contributed by atoms with van der Waals surface area (Å²) in [6, 6.07) is 0. The predicted molar refractivity (Wildman–Crippen MR) is 91.0 cm³/mol. The van der Waals surface area contributed by atoms with E-state index in [1.807, 2.05) is 0 Å². The van der Waals surface area contributed by atoms with Crippen LogP contribution in [0.4, 0.5) is 0 Å². The average molecular weight is 354 g/mol. The molecule has 0 aliphatic heterocycles. The average Bonchev–Trinajstić information content (AvgIpc) is 2.49. The number of unbranched alkanes of at least 4 members (excludes halogenated alkanes) is 9. The number of hydrogen-bond donors (Lipinski definition) is 2. The molecule has 140 valence electrons. The summed E-state index contributed by atoms with van der Waals surface area (Å²) in [6.45, 7) is 5.39. The fourth-order valence-electron chi connectivity index (χ4n) is 2.19. The van der Waals surface area contributed by atoms with E-state index in [2.05, 4.69) is 23.4 Å². The van der Waals surface area contributed by atoms with Gasteiger partial charge in [-0.3, -0.25) is 0 Å². The molecule has 1 unspecified atom stereocenters. The Kier molecular flexibility index (Phi) is 15.6. The van der Waals surface area contributed by atoms with E-state index in [-0.39, 0.29) is 6.61 Å². The van der Waals surface area contributed by atoms with Crippen LogP contribution in [0.1, 0.15) is 84.5 Å². The fourth-order valence-corrected chi connectivity index (χ4v) is 2.40.